The molecule has 0 aliphatic carbocycles. The maximum atomic E-state index is 13.2. The van der Waals surface area contributed by atoms with Crippen molar-refractivity contribution >= 4 is 17.6 Å². The molecule has 1 aromatic heterocycles. The quantitative estimate of drug-likeness (QED) is 0.926. The first-order valence-corrected chi connectivity index (χ1v) is 7.82. The number of aromatic nitrogens is 1. The van der Waals surface area contributed by atoms with Crippen molar-refractivity contribution in [1.82, 2.24) is 9.88 Å². The summed E-state index contributed by atoms with van der Waals surface area (Å²) in [5, 5.41) is 2.71. The van der Waals surface area contributed by atoms with Crippen LogP contribution in [-0.2, 0) is 14.3 Å². The predicted octanol–water partition coefficient (Wildman–Crippen LogP) is 2.07. The van der Waals surface area contributed by atoms with Gasteiger partial charge in [-0.2, -0.15) is 0 Å². The molecule has 2 amide bonds. The summed E-state index contributed by atoms with van der Waals surface area (Å²) in [5.41, 5.74) is 1.58. The summed E-state index contributed by atoms with van der Waals surface area (Å²) in [6.07, 6.45) is 0.676. The summed E-state index contributed by atoms with van der Waals surface area (Å²) < 4.78 is 18.7. The molecule has 0 unspecified atom stereocenters. The van der Waals surface area contributed by atoms with Crippen molar-refractivity contribution in [3.05, 3.63) is 59.5 Å². The van der Waals surface area contributed by atoms with E-state index >= 15 is 0 Å². The number of benzene rings is 1. The zero-order valence-electron chi connectivity index (χ0n) is 13.9. The summed E-state index contributed by atoms with van der Waals surface area (Å²) in [4.78, 5) is 30.2. The Morgan fingerprint density at radius 3 is 2.72 bits per heavy atom. The van der Waals surface area contributed by atoms with Crippen LogP contribution in [0.4, 0.5) is 10.2 Å². The lowest BCUT2D eigenvalue weighted by Crippen LogP contribution is -2.51. The Morgan fingerprint density at radius 2 is 2.04 bits per heavy atom. The van der Waals surface area contributed by atoms with Crippen LogP contribution in [0.25, 0.3) is 0 Å². The largest absolute Gasteiger partial charge is 0.356 e. The molecule has 1 fully saturated rings. The maximum absolute atomic E-state index is 13.2. The van der Waals surface area contributed by atoms with Crippen molar-refractivity contribution in [3.8, 4) is 0 Å². The highest BCUT2D eigenvalue weighted by Crippen LogP contribution is 2.30. The number of carbonyl (C=O) groups excluding carboxylic acids is 2. The maximum Gasteiger partial charge on any atom is 0.257 e. The third kappa shape index (κ3) is 3.66. The minimum absolute atomic E-state index is 0.187. The molecule has 6 nitrogen and oxygen atoms in total. The Balaban J connectivity index is 1.87. The van der Waals surface area contributed by atoms with Crippen molar-refractivity contribution in [2.24, 2.45) is 0 Å². The van der Waals surface area contributed by atoms with Gasteiger partial charge in [0.25, 0.3) is 5.91 Å². The molecule has 0 saturated carbocycles. The normalized spacial score (nSPS) is 20.4. The van der Waals surface area contributed by atoms with Gasteiger partial charge in [-0.3, -0.25) is 9.59 Å². The molecule has 0 spiro atoms. The summed E-state index contributed by atoms with van der Waals surface area (Å²) in [6.45, 7) is 1.70. The van der Waals surface area contributed by atoms with Crippen molar-refractivity contribution in [1.29, 1.82) is 0 Å². The lowest BCUT2D eigenvalue weighted by Gasteiger charge is -2.38. The second-order valence-electron chi connectivity index (χ2n) is 5.94. The van der Waals surface area contributed by atoms with Crippen LogP contribution in [-0.4, -0.2) is 41.5 Å². The molecule has 1 aliphatic heterocycles. The van der Waals surface area contributed by atoms with Crippen LogP contribution in [0.15, 0.2) is 42.6 Å². The molecular weight excluding hydrogens is 325 g/mol. The van der Waals surface area contributed by atoms with Gasteiger partial charge in [0.2, 0.25) is 5.91 Å². The highest BCUT2D eigenvalue weighted by atomic mass is 19.1. The Morgan fingerprint density at radius 1 is 1.32 bits per heavy atom. The average Bonchev–Trinajstić information content (AvgIpc) is 2.58. The van der Waals surface area contributed by atoms with Crippen molar-refractivity contribution < 1.29 is 18.7 Å². The molecule has 7 heteroatoms. The summed E-state index contributed by atoms with van der Waals surface area (Å²) in [5.74, 6) is -0.635. The van der Waals surface area contributed by atoms with Crippen LogP contribution in [0, 0.1) is 12.7 Å². The van der Waals surface area contributed by atoms with Crippen LogP contribution in [0.1, 0.15) is 17.2 Å². The Bertz CT molecular complexity index is 794. The summed E-state index contributed by atoms with van der Waals surface area (Å²) >= 11 is 0. The fraction of sp³-hybridized carbons (Fsp3) is 0.278. The first kappa shape index (κ1) is 17.0. The molecule has 2 atom stereocenters. The van der Waals surface area contributed by atoms with E-state index in [4.69, 9.17) is 4.74 Å². The minimum atomic E-state index is -0.921. The fourth-order valence-corrected chi connectivity index (χ4v) is 2.79. The number of hydrogen-bond donors (Lipinski definition) is 1. The van der Waals surface area contributed by atoms with E-state index in [9.17, 15) is 14.0 Å². The second kappa shape index (κ2) is 6.98. The van der Waals surface area contributed by atoms with Gasteiger partial charge in [-0.25, -0.2) is 9.37 Å². The number of likely N-dealkylation sites (N-methyl/N-ethyl adjacent to an activating group) is 1. The number of aryl methyl sites for hydroxylation is 1. The van der Waals surface area contributed by atoms with Gasteiger partial charge >= 0.3 is 0 Å². The van der Waals surface area contributed by atoms with Crippen molar-refractivity contribution in [2.75, 3.05) is 19.0 Å². The van der Waals surface area contributed by atoms with Gasteiger partial charge < -0.3 is 15.0 Å². The second-order valence-corrected chi connectivity index (χ2v) is 5.94. The van der Waals surface area contributed by atoms with Gasteiger partial charge in [-0.15, -0.1) is 0 Å². The number of ether oxygens (including phenoxy) is 1. The molecule has 25 heavy (non-hydrogen) atoms. The number of pyridine rings is 1. The average molecular weight is 343 g/mol. The van der Waals surface area contributed by atoms with E-state index in [1.807, 2.05) is 13.0 Å². The van der Waals surface area contributed by atoms with Crippen molar-refractivity contribution in [3.63, 3.8) is 0 Å². The lowest BCUT2D eigenvalue weighted by atomic mass is 9.97. The van der Waals surface area contributed by atoms with Crippen LogP contribution in [0.2, 0.25) is 0 Å². The van der Waals surface area contributed by atoms with Gasteiger partial charge in [-0.05, 0) is 42.3 Å². The van der Waals surface area contributed by atoms with E-state index < -0.39 is 18.1 Å². The van der Waals surface area contributed by atoms with Gasteiger partial charge in [0.1, 0.15) is 18.2 Å². The number of amides is 2. The zero-order chi connectivity index (χ0) is 18.0. The number of anilines is 1. The van der Waals surface area contributed by atoms with E-state index in [0.717, 1.165) is 5.56 Å². The molecule has 1 aliphatic rings. The highest BCUT2D eigenvalue weighted by Gasteiger charge is 2.40. The minimum Gasteiger partial charge on any atom is -0.356 e. The van der Waals surface area contributed by atoms with Crippen molar-refractivity contribution in [2.45, 2.75) is 19.1 Å². The Kier molecular flexibility index (Phi) is 4.76. The van der Waals surface area contributed by atoms with E-state index in [1.54, 1.807) is 31.4 Å². The zero-order valence-corrected chi connectivity index (χ0v) is 13.9. The lowest BCUT2D eigenvalue weighted by molar-refractivity contribution is -0.160. The molecule has 1 N–H and O–H groups in total. The van der Waals surface area contributed by atoms with E-state index in [1.165, 1.54) is 17.0 Å². The molecule has 2 aromatic rings. The van der Waals surface area contributed by atoms with E-state index in [0.29, 0.717) is 11.4 Å². The molecule has 1 saturated heterocycles. The van der Waals surface area contributed by atoms with Crippen LogP contribution in [0.5, 0.6) is 0 Å². The predicted molar refractivity (Wildman–Crippen MR) is 89.3 cm³/mol. The highest BCUT2D eigenvalue weighted by molar-refractivity contribution is 5.95. The smallest absolute Gasteiger partial charge is 0.257 e. The molecule has 0 bridgehead atoms. The standard InChI is InChI=1S/C18H18FN3O3/c1-11-7-8-20-14(9-11)21-18(24)17-16(22(2)15(23)10-25-17)12-3-5-13(19)6-4-12/h3-9,16-17H,10H2,1-2H3,(H,20,21,24)/t16-,17-/m0/s1. The van der Waals surface area contributed by atoms with Crippen LogP contribution in [0.3, 0.4) is 0 Å². The van der Waals surface area contributed by atoms with Crippen LogP contribution >= 0.6 is 0 Å². The first-order valence-electron chi connectivity index (χ1n) is 7.82. The van der Waals surface area contributed by atoms with E-state index in [2.05, 4.69) is 10.3 Å². The third-order valence-electron chi connectivity index (χ3n) is 4.12. The molecule has 0 radical (unpaired) electrons. The summed E-state index contributed by atoms with van der Waals surface area (Å²) in [7, 11) is 1.60. The first-order chi connectivity index (χ1) is 12.0. The topological polar surface area (TPSA) is 71.5 Å². The molecule has 2 heterocycles. The van der Waals surface area contributed by atoms with Gasteiger partial charge in [-0.1, -0.05) is 12.1 Å². The van der Waals surface area contributed by atoms with Gasteiger partial charge in [0, 0.05) is 13.2 Å². The van der Waals surface area contributed by atoms with Gasteiger partial charge in [0.05, 0.1) is 6.04 Å². The third-order valence-corrected chi connectivity index (χ3v) is 4.12. The molecule has 1 aromatic carbocycles. The number of halogens is 1. The number of morpholine rings is 1. The van der Waals surface area contributed by atoms with Crippen LogP contribution < -0.4 is 5.32 Å². The Labute approximate surface area is 144 Å². The number of nitrogens with zero attached hydrogens (tertiary/aromatic N) is 2. The fourth-order valence-electron chi connectivity index (χ4n) is 2.79. The Hall–Kier alpha value is -2.80. The molecular formula is C18H18FN3O3. The SMILES string of the molecule is Cc1ccnc(NC(=O)[C@H]2OCC(=O)N(C)[C@H]2c2ccc(F)cc2)c1. The summed E-state index contributed by atoms with van der Waals surface area (Å²) in [6, 6.07) is 8.58. The number of nitrogens with one attached hydrogen (secondary N) is 1. The number of rotatable bonds is 3. The number of hydrogen-bond acceptors (Lipinski definition) is 4. The number of carbonyl (C=O) groups is 2. The van der Waals surface area contributed by atoms with E-state index in [-0.39, 0.29) is 18.3 Å². The monoisotopic (exact) mass is 343 g/mol. The molecule has 130 valence electrons. The van der Waals surface area contributed by atoms with Gasteiger partial charge in [0.15, 0.2) is 6.10 Å². The molecule has 3 rings (SSSR count).